The number of nitrogens with two attached hydrogens (primary N) is 1. The molecule has 1 fully saturated rings. The summed E-state index contributed by atoms with van der Waals surface area (Å²) in [6.45, 7) is 3.41. The summed E-state index contributed by atoms with van der Waals surface area (Å²) in [5.41, 5.74) is 7.86. The third-order valence-corrected chi connectivity index (χ3v) is 3.03. The first kappa shape index (κ1) is 10.3. The van der Waals surface area contributed by atoms with Gasteiger partial charge in [0.15, 0.2) is 0 Å². The first-order chi connectivity index (χ1) is 8.34. The number of nitrogen functional groups attached to an aromatic ring is 1. The molecule has 5 heteroatoms. The minimum absolute atomic E-state index is 0.531. The summed E-state index contributed by atoms with van der Waals surface area (Å²) >= 11 is 0. The second-order valence-corrected chi connectivity index (χ2v) is 4.06. The molecule has 2 heterocycles. The maximum absolute atomic E-state index is 5.80. The van der Waals surface area contributed by atoms with E-state index in [9.17, 15) is 0 Å². The molecule has 0 radical (unpaired) electrons. The van der Waals surface area contributed by atoms with Crippen LogP contribution in [0.2, 0.25) is 0 Å². The average Bonchev–Trinajstić information content (AvgIpc) is 2.40. The molecule has 17 heavy (non-hydrogen) atoms. The van der Waals surface area contributed by atoms with E-state index in [1.54, 1.807) is 0 Å². The van der Waals surface area contributed by atoms with Crippen molar-refractivity contribution in [2.75, 3.05) is 36.9 Å². The quantitative estimate of drug-likeness (QED) is 0.793. The topological polar surface area (TPSA) is 64.3 Å². The molecule has 0 spiro atoms. The molecule has 1 aromatic carbocycles. The first-order valence-electron chi connectivity index (χ1n) is 5.67. The van der Waals surface area contributed by atoms with Crippen LogP contribution in [0.3, 0.4) is 0 Å². The van der Waals surface area contributed by atoms with Gasteiger partial charge in [0.25, 0.3) is 0 Å². The van der Waals surface area contributed by atoms with Crippen LogP contribution in [0.1, 0.15) is 0 Å². The van der Waals surface area contributed by atoms with E-state index in [2.05, 4.69) is 27.0 Å². The Morgan fingerprint density at radius 2 is 2.00 bits per heavy atom. The van der Waals surface area contributed by atoms with E-state index >= 15 is 0 Å². The van der Waals surface area contributed by atoms with Crippen LogP contribution >= 0.6 is 0 Å². The number of benzene rings is 1. The van der Waals surface area contributed by atoms with E-state index in [1.807, 2.05) is 6.07 Å². The number of aromatic nitrogens is 2. The molecule has 5 nitrogen and oxygen atoms in total. The second kappa shape index (κ2) is 4.18. The standard InChI is InChI=1S/C12H14N4O/c13-12-10-2-1-9(7-11(10)14-8-15-12)16-3-5-17-6-4-16/h1-2,7-8H,3-6H2,(H2,13,14,15). The molecule has 0 bridgehead atoms. The van der Waals surface area contributed by atoms with Gasteiger partial charge >= 0.3 is 0 Å². The predicted molar refractivity (Wildman–Crippen MR) is 67.0 cm³/mol. The highest BCUT2D eigenvalue weighted by molar-refractivity contribution is 5.90. The largest absolute Gasteiger partial charge is 0.383 e. The lowest BCUT2D eigenvalue weighted by Crippen LogP contribution is -2.36. The van der Waals surface area contributed by atoms with Crippen molar-refractivity contribution >= 4 is 22.4 Å². The summed E-state index contributed by atoms with van der Waals surface area (Å²) in [5.74, 6) is 0.531. The molecular formula is C12H14N4O. The molecule has 0 aliphatic carbocycles. The van der Waals surface area contributed by atoms with Crippen LogP contribution < -0.4 is 10.6 Å². The highest BCUT2D eigenvalue weighted by atomic mass is 16.5. The summed E-state index contributed by atoms with van der Waals surface area (Å²) in [6.07, 6.45) is 1.50. The van der Waals surface area contributed by atoms with Gasteiger partial charge in [0.2, 0.25) is 0 Å². The average molecular weight is 230 g/mol. The van der Waals surface area contributed by atoms with E-state index in [-0.39, 0.29) is 0 Å². The Morgan fingerprint density at radius 1 is 1.18 bits per heavy atom. The zero-order valence-corrected chi connectivity index (χ0v) is 9.47. The van der Waals surface area contributed by atoms with Gasteiger partial charge in [0, 0.05) is 24.2 Å². The molecule has 2 N–H and O–H groups in total. The number of fused-ring (bicyclic) bond motifs is 1. The summed E-state index contributed by atoms with van der Waals surface area (Å²) in [6, 6.07) is 6.10. The minimum atomic E-state index is 0.531. The lowest BCUT2D eigenvalue weighted by molar-refractivity contribution is 0.122. The van der Waals surface area contributed by atoms with Gasteiger partial charge in [-0.2, -0.15) is 0 Å². The normalized spacial score (nSPS) is 16.4. The number of ether oxygens (including phenoxy) is 1. The molecule has 1 aliphatic heterocycles. The highest BCUT2D eigenvalue weighted by Gasteiger charge is 2.12. The number of hydrogen-bond donors (Lipinski definition) is 1. The third kappa shape index (κ3) is 1.89. The van der Waals surface area contributed by atoms with Crippen molar-refractivity contribution in [1.82, 2.24) is 9.97 Å². The van der Waals surface area contributed by atoms with Crippen molar-refractivity contribution in [3.63, 3.8) is 0 Å². The lowest BCUT2D eigenvalue weighted by Gasteiger charge is -2.28. The summed E-state index contributed by atoms with van der Waals surface area (Å²) in [5, 5.41) is 0.907. The number of anilines is 2. The van der Waals surface area contributed by atoms with Gasteiger partial charge in [-0.05, 0) is 18.2 Å². The Hall–Kier alpha value is -1.88. The SMILES string of the molecule is Nc1ncnc2cc(N3CCOCC3)ccc12. The molecule has 0 amide bonds. The fourth-order valence-corrected chi connectivity index (χ4v) is 2.08. The molecule has 88 valence electrons. The van der Waals surface area contributed by atoms with Crippen molar-refractivity contribution in [1.29, 1.82) is 0 Å². The van der Waals surface area contributed by atoms with E-state index in [4.69, 9.17) is 10.5 Å². The lowest BCUT2D eigenvalue weighted by atomic mass is 10.2. The molecule has 2 aromatic rings. The maximum Gasteiger partial charge on any atom is 0.134 e. The number of nitrogens with zero attached hydrogens (tertiary/aromatic N) is 3. The Balaban J connectivity index is 2.01. The monoisotopic (exact) mass is 230 g/mol. The molecule has 0 saturated carbocycles. The van der Waals surface area contributed by atoms with Gasteiger partial charge in [-0.3, -0.25) is 0 Å². The number of hydrogen-bond acceptors (Lipinski definition) is 5. The van der Waals surface area contributed by atoms with Crippen molar-refractivity contribution < 1.29 is 4.74 Å². The fraction of sp³-hybridized carbons (Fsp3) is 0.333. The van der Waals surface area contributed by atoms with Gasteiger partial charge in [-0.25, -0.2) is 9.97 Å². The summed E-state index contributed by atoms with van der Waals surface area (Å²) < 4.78 is 5.34. The Bertz CT molecular complexity index is 537. The van der Waals surface area contributed by atoms with Crippen LogP contribution in [-0.4, -0.2) is 36.3 Å². The molecule has 1 aromatic heterocycles. The van der Waals surface area contributed by atoms with Gasteiger partial charge in [0.1, 0.15) is 12.1 Å². The Morgan fingerprint density at radius 3 is 2.82 bits per heavy atom. The second-order valence-electron chi connectivity index (χ2n) is 4.06. The molecule has 0 unspecified atom stereocenters. The fourth-order valence-electron chi connectivity index (χ4n) is 2.08. The van der Waals surface area contributed by atoms with Crippen LogP contribution in [0, 0.1) is 0 Å². The number of rotatable bonds is 1. The maximum atomic E-state index is 5.80. The van der Waals surface area contributed by atoms with Crippen LogP contribution in [0.25, 0.3) is 10.9 Å². The molecular weight excluding hydrogens is 216 g/mol. The smallest absolute Gasteiger partial charge is 0.134 e. The molecule has 0 atom stereocenters. The third-order valence-electron chi connectivity index (χ3n) is 3.03. The van der Waals surface area contributed by atoms with Crippen molar-refractivity contribution in [3.05, 3.63) is 24.5 Å². The van der Waals surface area contributed by atoms with Crippen LogP contribution in [-0.2, 0) is 4.74 Å². The minimum Gasteiger partial charge on any atom is -0.383 e. The summed E-state index contributed by atoms with van der Waals surface area (Å²) in [4.78, 5) is 10.5. The van der Waals surface area contributed by atoms with E-state index in [0.29, 0.717) is 5.82 Å². The van der Waals surface area contributed by atoms with E-state index in [1.165, 1.54) is 12.0 Å². The first-order valence-corrected chi connectivity index (χ1v) is 5.67. The highest BCUT2D eigenvalue weighted by Crippen LogP contribution is 2.23. The predicted octanol–water partition coefficient (Wildman–Crippen LogP) is 1.05. The van der Waals surface area contributed by atoms with E-state index < -0.39 is 0 Å². The molecule has 1 aliphatic rings. The van der Waals surface area contributed by atoms with Crippen LogP contribution in [0.15, 0.2) is 24.5 Å². The van der Waals surface area contributed by atoms with Crippen molar-refractivity contribution in [2.24, 2.45) is 0 Å². The van der Waals surface area contributed by atoms with Crippen molar-refractivity contribution in [3.8, 4) is 0 Å². The van der Waals surface area contributed by atoms with Crippen LogP contribution in [0.5, 0.6) is 0 Å². The number of morpholine rings is 1. The zero-order chi connectivity index (χ0) is 11.7. The van der Waals surface area contributed by atoms with Gasteiger partial charge in [-0.15, -0.1) is 0 Å². The molecule has 1 saturated heterocycles. The van der Waals surface area contributed by atoms with E-state index in [0.717, 1.165) is 37.2 Å². The molecule has 3 rings (SSSR count). The zero-order valence-electron chi connectivity index (χ0n) is 9.47. The Labute approximate surface area is 99.2 Å². The Kier molecular flexibility index (Phi) is 2.53. The van der Waals surface area contributed by atoms with Crippen molar-refractivity contribution in [2.45, 2.75) is 0 Å². The van der Waals surface area contributed by atoms with Gasteiger partial charge in [0.05, 0.1) is 18.7 Å². The van der Waals surface area contributed by atoms with Gasteiger partial charge in [-0.1, -0.05) is 0 Å². The summed E-state index contributed by atoms with van der Waals surface area (Å²) in [7, 11) is 0. The van der Waals surface area contributed by atoms with Gasteiger partial charge < -0.3 is 15.4 Å². The van der Waals surface area contributed by atoms with Crippen LogP contribution in [0.4, 0.5) is 11.5 Å².